The molecule has 0 aromatic heterocycles. The molecule has 0 heterocycles. The summed E-state index contributed by atoms with van der Waals surface area (Å²) in [6, 6.07) is 6.57. The van der Waals surface area contributed by atoms with E-state index >= 15 is 0 Å². The number of hydrogen-bond acceptors (Lipinski definition) is 3. The molecule has 3 N–H and O–H groups in total. The van der Waals surface area contributed by atoms with Crippen LogP contribution in [-0.4, -0.2) is 25.2 Å². The van der Waals surface area contributed by atoms with E-state index < -0.39 is 0 Å². The van der Waals surface area contributed by atoms with Gasteiger partial charge in [0.05, 0.1) is 6.67 Å². The monoisotopic (exact) mass is 197 g/mol. The molecule has 78 valence electrons. The minimum Gasteiger partial charge on any atom is -0.292 e. The Morgan fingerprint density at radius 2 is 2.00 bits per heavy atom. The van der Waals surface area contributed by atoms with Crippen LogP contribution in [0.15, 0.2) is 24.3 Å². The molecule has 1 rings (SSSR count). The predicted molar refractivity (Wildman–Crippen MR) is 54.9 cm³/mol. The van der Waals surface area contributed by atoms with E-state index in [1.165, 1.54) is 12.1 Å². The summed E-state index contributed by atoms with van der Waals surface area (Å²) in [6.45, 7) is 1.55. The Morgan fingerprint density at radius 3 is 2.57 bits per heavy atom. The molecule has 1 aromatic carbocycles. The summed E-state index contributed by atoms with van der Waals surface area (Å²) in [5.41, 5.74) is 3.71. The summed E-state index contributed by atoms with van der Waals surface area (Å²) < 4.78 is 12.6. The van der Waals surface area contributed by atoms with Gasteiger partial charge in [-0.25, -0.2) is 9.82 Å². The first-order chi connectivity index (χ1) is 6.72. The molecule has 0 aliphatic rings. The molecule has 3 nitrogen and oxygen atoms in total. The normalized spacial score (nSPS) is 10.9. The van der Waals surface area contributed by atoms with Gasteiger partial charge in [0, 0.05) is 6.54 Å². The van der Waals surface area contributed by atoms with Crippen LogP contribution in [0.2, 0.25) is 0 Å². The molecular weight excluding hydrogens is 181 g/mol. The molecule has 0 fully saturated rings. The van der Waals surface area contributed by atoms with Crippen molar-refractivity contribution in [1.29, 1.82) is 0 Å². The topological polar surface area (TPSA) is 41.3 Å². The molecule has 0 aliphatic heterocycles. The van der Waals surface area contributed by atoms with Gasteiger partial charge in [-0.3, -0.25) is 10.7 Å². The quantitative estimate of drug-likeness (QED) is 0.415. The van der Waals surface area contributed by atoms with E-state index in [1.807, 2.05) is 7.05 Å². The molecule has 0 saturated heterocycles. The van der Waals surface area contributed by atoms with Crippen molar-refractivity contribution in [3.63, 3.8) is 0 Å². The lowest BCUT2D eigenvalue weighted by Crippen LogP contribution is -2.36. The average molecular weight is 197 g/mol. The number of halogens is 1. The van der Waals surface area contributed by atoms with Gasteiger partial charge in [-0.2, -0.15) is 0 Å². The van der Waals surface area contributed by atoms with E-state index in [-0.39, 0.29) is 5.82 Å². The largest absolute Gasteiger partial charge is 0.292 e. The van der Waals surface area contributed by atoms with Crippen molar-refractivity contribution in [2.45, 2.75) is 6.42 Å². The van der Waals surface area contributed by atoms with Crippen molar-refractivity contribution in [2.75, 3.05) is 20.3 Å². The van der Waals surface area contributed by atoms with Crippen molar-refractivity contribution in [2.24, 2.45) is 5.84 Å². The van der Waals surface area contributed by atoms with Gasteiger partial charge < -0.3 is 0 Å². The highest BCUT2D eigenvalue weighted by atomic mass is 19.1. The van der Waals surface area contributed by atoms with Crippen LogP contribution >= 0.6 is 0 Å². The highest BCUT2D eigenvalue weighted by Crippen LogP contribution is 2.03. The van der Waals surface area contributed by atoms with E-state index in [4.69, 9.17) is 5.84 Å². The Bertz CT molecular complexity index is 261. The van der Waals surface area contributed by atoms with Crippen LogP contribution < -0.4 is 11.3 Å². The molecular formula is C10H16FN3. The van der Waals surface area contributed by atoms with E-state index in [0.29, 0.717) is 6.67 Å². The van der Waals surface area contributed by atoms with Gasteiger partial charge in [-0.1, -0.05) is 12.1 Å². The molecule has 0 spiro atoms. The second-order valence-electron chi connectivity index (χ2n) is 3.32. The minimum atomic E-state index is -0.189. The van der Waals surface area contributed by atoms with Crippen molar-refractivity contribution >= 4 is 0 Å². The van der Waals surface area contributed by atoms with Crippen LogP contribution in [-0.2, 0) is 6.42 Å². The Hall–Kier alpha value is -0.970. The second kappa shape index (κ2) is 5.70. The number of benzene rings is 1. The fourth-order valence-electron chi connectivity index (χ4n) is 1.21. The minimum absolute atomic E-state index is 0.189. The third-order valence-electron chi connectivity index (χ3n) is 2.06. The molecule has 4 heteroatoms. The van der Waals surface area contributed by atoms with Crippen LogP contribution in [0.5, 0.6) is 0 Å². The van der Waals surface area contributed by atoms with Gasteiger partial charge in [-0.15, -0.1) is 0 Å². The van der Waals surface area contributed by atoms with Crippen molar-refractivity contribution in [3.8, 4) is 0 Å². The van der Waals surface area contributed by atoms with Crippen LogP contribution in [0.4, 0.5) is 4.39 Å². The zero-order valence-corrected chi connectivity index (χ0v) is 8.33. The fourth-order valence-corrected chi connectivity index (χ4v) is 1.21. The van der Waals surface area contributed by atoms with Crippen molar-refractivity contribution in [1.82, 2.24) is 10.3 Å². The molecule has 0 aliphatic carbocycles. The maximum atomic E-state index is 12.6. The third-order valence-corrected chi connectivity index (χ3v) is 2.06. The van der Waals surface area contributed by atoms with Crippen LogP contribution in [0.3, 0.4) is 0 Å². The van der Waals surface area contributed by atoms with Gasteiger partial charge >= 0.3 is 0 Å². The number of nitrogens with zero attached hydrogens (tertiary/aromatic N) is 1. The maximum absolute atomic E-state index is 12.6. The van der Waals surface area contributed by atoms with Gasteiger partial charge in [0.25, 0.3) is 0 Å². The molecule has 0 amide bonds. The van der Waals surface area contributed by atoms with E-state index in [9.17, 15) is 4.39 Å². The number of hydrogen-bond donors (Lipinski definition) is 2. The maximum Gasteiger partial charge on any atom is 0.123 e. The van der Waals surface area contributed by atoms with Gasteiger partial charge in [0.15, 0.2) is 0 Å². The van der Waals surface area contributed by atoms with Crippen molar-refractivity contribution < 1.29 is 4.39 Å². The van der Waals surface area contributed by atoms with E-state index in [1.54, 1.807) is 12.1 Å². The predicted octanol–water partition coefficient (Wildman–Crippen LogP) is 0.721. The highest BCUT2D eigenvalue weighted by molar-refractivity contribution is 5.16. The summed E-state index contributed by atoms with van der Waals surface area (Å²) in [6.07, 6.45) is 0.901. The molecule has 14 heavy (non-hydrogen) atoms. The number of rotatable bonds is 5. The molecule has 0 atom stereocenters. The summed E-state index contributed by atoms with van der Waals surface area (Å²) >= 11 is 0. The third kappa shape index (κ3) is 3.83. The Kier molecular flexibility index (Phi) is 4.52. The standard InChI is InChI=1S/C10H16FN3/c1-14(8-13-12)7-6-9-2-4-10(11)5-3-9/h2-5,13H,6-8,12H2,1H3. The van der Waals surface area contributed by atoms with E-state index in [2.05, 4.69) is 10.3 Å². The lowest BCUT2D eigenvalue weighted by atomic mass is 10.1. The first-order valence-corrected chi connectivity index (χ1v) is 4.59. The molecule has 0 unspecified atom stereocenters. The lowest BCUT2D eigenvalue weighted by Gasteiger charge is -2.15. The average Bonchev–Trinajstić information content (AvgIpc) is 2.17. The van der Waals surface area contributed by atoms with Crippen LogP contribution in [0.1, 0.15) is 5.56 Å². The first-order valence-electron chi connectivity index (χ1n) is 4.59. The SMILES string of the molecule is CN(CCc1ccc(F)cc1)CNN. The number of nitrogens with one attached hydrogen (secondary N) is 1. The smallest absolute Gasteiger partial charge is 0.123 e. The zero-order valence-electron chi connectivity index (χ0n) is 8.33. The van der Waals surface area contributed by atoms with Gasteiger partial charge in [0.1, 0.15) is 5.82 Å². The Labute approximate surface area is 83.7 Å². The molecule has 0 saturated carbocycles. The summed E-state index contributed by atoms with van der Waals surface area (Å²) in [5.74, 6) is 4.99. The van der Waals surface area contributed by atoms with Crippen molar-refractivity contribution in [3.05, 3.63) is 35.6 Å². The van der Waals surface area contributed by atoms with Crippen LogP contribution in [0, 0.1) is 5.82 Å². The first kappa shape index (κ1) is 11.1. The Morgan fingerprint density at radius 1 is 1.36 bits per heavy atom. The number of likely N-dealkylation sites (N-methyl/N-ethyl adjacent to an activating group) is 1. The van der Waals surface area contributed by atoms with Gasteiger partial charge in [-0.05, 0) is 31.2 Å². The zero-order chi connectivity index (χ0) is 10.4. The summed E-state index contributed by atoms with van der Waals surface area (Å²) in [7, 11) is 1.98. The second-order valence-corrected chi connectivity index (χ2v) is 3.32. The molecule has 0 bridgehead atoms. The highest BCUT2D eigenvalue weighted by Gasteiger charge is 1.98. The van der Waals surface area contributed by atoms with Crippen LogP contribution in [0.25, 0.3) is 0 Å². The van der Waals surface area contributed by atoms with Gasteiger partial charge in [0.2, 0.25) is 0 Å². The molecule has 1 aromatic rings. The number of hydrazine groups is 1. The summed E-state index contributed by atoms with van der Waals surface area (Å²) in [4.78, 5) is 2.06. The number of nitrogens with two attached hydrogens (primary N) is 1. The fraction of sp³-hybridized carbons (Fsp3) is 0.400. The molecule has 0 radical (unpaired) electrons. The summed E-state index contributed by atoms with van der Waals surface area (Å²) in [5, 5.41) is 0. The Balaban J connectivity index is 2.34. The van der Waals surface area contributed by atoms with E-state index in [0.717, 1.165) is 18.5 Å². The lowest BCUT2D eigenvalue weighted by molar-refractivity contribution is 0.313.